The highest BCUT2D eigenvalue weighted by molar-refractivity contribution is 5.65. The zero-order chi connectivity index (χ0) is 28.8. The minimum Gasteiger partial charge on any atom is -0.505 e. The van der Waals surface area contributed by atoms with Crippen LogP contribution in [-0.2, 0) is 21.7 Å². The van der Waals surface area contributed by atoms with E-state index in [2.05, 4.69) is 132 Å². The summed E-state index contributed by atoms with van der Waals surface area (Å²) in [5, 5.41) is 29.4. The Balaban J connectivity index is 2.33. The largest absolute Gasteiger partial charge is 0.505 e. The Bertz CT molecular complexity index is 1010. The summed E-state index contributed by atoms with van der Waals surface area (Å²) in [5.74, 6) is 0.657. The second-order valence-corrected chi connectivity index (χ2v) is 15.7. The molecular weight excluding hydrogens is 456 g/mol. The van der Waals surface area contributed by atoms with Crippen LogP contribution in [0.5, 0.6) is 11.5 Å². The second-order valence-electron chi connectivity index (χ2n) is 15.7. The number of anilines is 2. The van der Waals surface area contributed by atoms with Crippen LogP contribution < -0.4 is 10.6 Å². The number of benzene rings is 2. The molecule has 0 bridgehead atoms. The van der Waals surface area contributed by atoms with E-state index in [-0.39, 0.29) is 27.1 Å². The van der Waals surface area contributed by atoms with Crippen molar-refractivity contribution in [1.82, 2.24) is 0 Å². The van der Waals surface area contributed by atoms with Gasteiger partial charge in [0.15, 0.2) is 0 Å². The Hall–Kier alpha value is -2.36. The van der Waals surface area contributed by atoms with Gasteiger partial charge in [0.2, 0.25) is 0 Å². The van der Waals surface area contributed by atoms with Gasteiger partial charge >= 0.3 is 0 Å². The van der Waals surface area contributed by atoms with E-state index in [0.29, 0.717) is 24.6 Å². The average Bonchev–Trinajstić information content (AvgIpc) is 2.68. The van der Waals surface area contributed by atoms with Crippen molar-refractivity contribution in [3.8, 4) is 11.5 Å². The molecule has 0 heterocycles. The molecule has 0 amide bonds. The van der Waals surface area contributed by atoms with Crippen molar-refractivity contribution in [3.63, 3.8) is 0 Å². The van der Waals surface area contributed by atoms with Crippen molar-refractivity contribution in [3.05, 3.63) is 46.5 Å². The van der Waals surface area contributed by atoms with Crippen LogP contribution in [-0.4, -0.2) is 23.3 Å². The van der Waals surface area contributed by atoms with Gasteiger partial charge in [0, 0.05) is 24.2 Å². The van der Waals surface area contributed by atoms with Gasteiger partial charge in [-0.1, -0.05) is 109 Å². The topological polar surface area (TPSA) is 64.5 Å². The molecule has 2 aromatic carbocycles. The molecule has 0 atom stereocenters. The van der Waals surface area contributed by atoms with Crippen LogP contribution >= 0.6 is 0 Å². The normalized spacial score (nSPS) is 13.6. The molecule has 0 saturated heterocycles. The molecule has 0 saturated carbocycles. The zero-order valence-corrected chi connectivity index (χ0v) is 26.1. The van der Waals surface area contributed by atoms with E-state index >= 15 is 0 Å². The summed E-state index contributed by atoms with van der Waals surface area (Å²) >= 11 is 0. The molecule has 2 rings (SSSR count). The molecule has 0 fully saturated rings. The first-order valence-corrected chi connectivity index (χ1v) is 13.7. The van der Waals surface area contributed by atoms with Gasteiger partial charge in [0.1, 0.15) is 11.5 Å². The maximum Gasteiger partial charge on any atom is 0.142 e. The molecule has 0 unspecified atom stereocenters. The second kappa shape index (κ2) is 10.1. The monoisotopic (exact) mass is 510 g/mol. The van der Waals surface area contributed by atoms with Crippen LogP contribution in [0.3, 0.4) is 0 Å². The van der Waals surface area contributed by atoms with Gasteiger partial charge in [0.25, 0.3) is 0 Å². The third kappa shape index (κ3) is 7.82. The van der Waals surface area contributed by atoms with Gasteiger partial charge in [-0.15, -0.1) is 0 Å². The summed E-state index contributed by atoms with van der Waals surface area (Å²) in [7, 11) is 0. The summed E-state index contributed by atoms with van der Waals surface area (Å²) in [6.45, 7) is 31.7. The standard InChI is InChI=1S/C33H54N2O2/c1-29(2,3)21-15-23(31(7,8)9)27(36)25(17-21)34-19-33(13,14)20-35-26-18-22(30(4,5)6)16-24(28(26)37)32(10,11)12/h15-18,34-37H,19-20H2,1-14H3. The number of aromatic hydroxyl groups is 2. The summed E-state index contributed by atoms with van der Waals surface area (Å²) in [4.78, 5) is 0. The van der Waals surface area contributed by atoms with Crippen molar-refractivity contribution in [2.45, 2.75) is 119 Å². The smallest absolute Gasteiger partial charge is 0.142 e. The number of rotatable bonds is 6. The molecule has 0 aliphatic rings. The lowest BCUT2D eigenvalue weighted by atomic mass is 9.79. The number of hydrogen-bond donors (Lipinski definition) is 4. The van der Waals surface area contributed by atoms with E-state index in [4.69, 9.17) is 0 Å². The molecule has 0 spiro atoms. The molecule has 2 aromatic rings. The molecule has 4 N–H and O–H groups in total. The van der Waals surface area contributed by atoms with Gasteiger partial charge in [-0.05, 0) is 50.3 Å². The number of phenols is 2. The first-order valence-electron chi connectivity index (χ1n) is 13.7. The van der Waals surface area contributed by atoms with Crippen LogP contribution in [0.4, 0.5) is 11.4 Å². The first kappa shape index (κ1) is 30.9. The summed E-state index contributed by atoms with van der Waals surface area (Å²) in [6, 6.07) is 8.46. The fraction of sp³-hybridized carbons (Fsp3) is 0.636. The summed E-state index contributed by atoms with van der Waals surface area (Å²) < 4.78 is 0. The molecular formula is C33H54N2O2. The number of phenolic OH excluding ortho intramolecular Hbond substituents is 2. The molecule has 208 valence electrons. The molecule has 37 heavy (non-hydrogen) atoms. The van der Waals surface area contributed by atoms with Crippen LogP contribution in [0.2, 0.25) is 0 Å². The maximum atomic E-state index is 11.2. The predicted octanol–water partition coefficient (Wildman–Crippen LogP) is 8.84. The van der Waals surface area contributed by atoms with Crippen molar-refractivity contribution in [1.29, 1.82) is 0 Å². The molecule has 4 nitrogen and oxygen atoms in total. The molecule has 0 radical (unpaired) electrons. The van der Waals surface area contributed by atoms with Crippen LogP contribution in [0, 0.1) is 5.41 Å². The van der Waals surface area contributed by atoms with Crippen molar-refractivity contribution in [2.24, 2.45) is 5.41 Å². The van der Waals surface area contributed by atoms with Gasteiger partial charge in [0.05, 0.1) is 11.4 Å². The Morgan fingerprint density at radius 2 is 0.784 bits per heavy atom. The Labute approximate surface area is 227 Å². The predicted molar refractivity (Wildman–Crippen MR) is 162 cm³/mol. The van der Waals surface area contributed by atoms with Crippen LogP contribution in [0.25, 0.3) is 0 Å². The Morgan fingerprint density at radius 3 is 1.03 bits per heavy atom. The van der Waals surface area contributed by atoms with E-state index in [9.17, 15) is 10.2 Å². The lowest BCUT2D eigenvalue weighted by Gasteiger charge is -2.31. The highest BCUT2D eigenvalue weighted by Crippen LogP contribution is 2.42. The van der Waals surface area contributed by atoms with Crippen molar-refractivity contribution in [2.75, 3.05) is 23.7 Å². The third-order valence-electron chi connectivity index (χ3n) is 7.08. The third-order valence-corrected chi connectivity index (χ3v) is 7.08. The zero-order valence-electron chi connectivity index (χ0n) is 26.1. The first-order chi connectivity index (χ1) is 16.4. The van der Waals surface area contributed by atoms with Crippen LogP contribution in [0.15, 0.2) is 24.3 Å². The van der Waals surface area contributed by atoms with E-state index in [1.165, 1.54) is 11.1 Å². The fourth-order valence-electron chi connectivity index (χ4n) is 4.28. The number of hydrogen-bond acceptors (Lipinski definition) is 4. The fourth-order valence-corrected chi connectivity index (χ4v) is 4.28. The molecule has 0 aliphatic carbocycles. The maximum absolute atomic E-state index is 11.2. The van der Waals surface area contributed by atoms with E-state index < -0.39 is 0 Å². The van der Waals surface area contributed by atoms with E-state index in [1.807, 2.05) is 0 Å². The molecule has 0 aliphatic heterocycles. The molecule has 0 aromatic heterocycles. The number of nitrogens with one attached hydrogen (secondary N) is 2. The minimum absolute atomic E-state index is 0.0262. The van der Waals surface area contributed by atoms with Gasteiger partial charge in [-0.3, -0.25) is 0 Å². The highest BCUT2D eigenvalue weighted by atomic mass is 16.3. The van der Waals surface area contributed by atoms with Crippen LogP contribution in [0.1, 0.15) is 119 Å². The highest BCUT2D eigenvalue weighted by Gasteiger charge is 2.28. The van der Waals surface area contributed by atoms with E-state index in [1.54, 1.807) is 0 Å². The molecule has 4 heteroatoms. The lowest BCUT2D eigenvalue weighted by Crippen LogP contribution is -2.31. The Morgan fingerprint density at radius 1 is 0.486 bits per heavy atom. The summed E-state index contributed by atoms with van der Waals surface area (Å²) in [5.41, 5.74) is 5.32. The van der Waals surface area contributed by atoms with Crippen molar-refractivity contribution < 1.29 is 10.2 Å². The van der Waals surface area contributed by atoms with Gasteiger partial charge < -0.3 is 20.8 Å². The lowest BCUT2D eigenvalue weighted by molar-refractivity contribution is 0.412. The summed E-state index contributed by atoms with van der Waals surface area (Å²) in [6.07, 6.45) is 0. The van der Waals surface area contributed by atoms with Gasteiger partial charge in [-0.25, -0.2) is 0 Å². The van der Waals surface area contributed by atoms with Crippen molar-refractivity contribution >= 4 is 11.4 Å². The Kier molecular flexibility index (Phi) is 8.40. The quantitative estimate of drug-likeness (QED) is 0.293. The SMILES string of the molecule is CC(C)(CNc1cc(C(C)(C)C)cc(C(C)(C)C)c1O)CNc1cc(C(C)(C)C)cc(C(C)(C)C)c1O. The van der Waals surface area contributed by atoms with Gasteiger partial charge in [-0.2, -0.15) is 0 Å². The average molecular weight is 511 g/mol. The van der Waals surface area contributed by atoms with E-state index in [0.717, 1.165) is 22.5 Å². The minimum atomic E-state index is -0.167.